The predicted octanol–water partition coefficient (Wildman–Crippen LogP) is 3.33. The van der Waals surface area contributed by atoms with Crippen molar-refractivity contribution in [2.75, 3.05) is 0 Å². The molecule has 1 atom stereocenters. The largest absolute Gasteiger partial charge is 0.342 e. The number of carbonyl (C=O) groups is 1. The van der Waals surface area contributed by atoms with Crippen LogP contribution < -0.4 is 5.32 Å². The summed E-state index contributed by atoms with van der Waals surface area (Å²) in [7, 11) is 0. The Morgan fingerprint density at radius 3 is 2.70 bits per heavy atom. The summed E-state index contributed by atoms with van der Waals surface area (Å²) < 4.78 is 2.19. The van der Waals surface area contributed by atoms with Crippen LogP contribution in [0.2, 0.25) is 0 Å². The fraction of sp³-hybridized carbons (Fsp3) is 0.278. The zero-order chi connectivity index (χ0) is 16.2. The van der Waals surface area contributed by atoms with Gasteiger partial charge in [0.05, 0.1) is 17.1 Å². The quantitative estimate of drug-likeness (QED) is 0.786. The number of para-hydroxylation sites is 2. The van der Waals surface area contributed by atoms with Crippen LogP contribution >= 0.6 is 0 Å². The van der Waals surface area contributed by atoms with Crippen LogP contribution in [0.1, 0.15) is 42.5 Å². The zero-order valence-corrected chi connectivity index (χ0v) is 13.4. The summed E-state index contributed by atoms with van der Waals surface area (Å²) in [5.74, 6) is 0.769. The van der Waals surface area contributed by atoms with E-state index in [-0.39, 0.29) is 11.9 Å². The lowest BCUT2D eigenvalue weighted by Gasteiger charge is -2.16. The van der Waals surface area contributed by atoms with Crippen LogP contribution in [0.25, 0.3) is 11.0 Å². The van der Waals surface area contributed by atoms with Crippen molar-refractivity contribution in [3.63, 3.8) is 0 Å². The summed E-state index contributed by atoms with van der Waals surface area (Å²) in [5.41, 5.74) is 2.67. The van der Waals surface area contributed by atoms with Crippen molar-refractivity contribution in [2.45, 2.75) is 32.9 Å². The molecule has 1 N–H and O–H groups in total. The zero-order valence-electron chi connectivity index (χ0n) is 13.4. The first-order valence-corrected chi connectivity index (χ1v) is 7.86. The minimum absolute atomic E-state index is 0.116. The van der Waals surface area contributed by atoms with E-state index in [1.54, 1.807) is 24.5 Å². The van der Waals surface area contributed by atoms with E-state index in [0.717, 1.165) is 29.8 Å². The van der Waals surface area contributed by atoms with Crippen molar-refractivity contribution in [3.8, 4) is 0 Å². The molecule has 0 radical (unpaired) electrons. The first-order chi connectivity index (χ1) is 11.2. The van der Waals surface area contributed by atoms with Gasteiger partial charge < -0.3 is 9.88 Å². The van der Waals surface area contributed by atoms with Crippen molar-refractivity contribution in [3.05, 3.63) is 60.2 Å². The number of benzene rings is 1. The highest BCUT2D eigenvalue weighted by atomic mass is 16.1. The molecule has 118 valence electrons. The molecule has 5 nitrogen and oxygen atoms in total. The van der Waals surface area contributed by atoms with Crippen molar-refractivity contribution in [1.29, 1.82) is 0 Å². The number of imidazole rings is 1. The minimum Gasteiger partial charge on any atom is -0.342 e. The van der Waals surface area contributed by atoms with E-state index in [1.807, 2.05) is 25.1 Å². The summed E-state index contributed by atoms with van der Waals surface area (Å²) in [6.45, 7) is 4.98. The van der Waals surface area contributed by atoms with Crippen LogP contribution in [0, 0.1) is 0 Å². The van der Waals surface area contributed by atoms with Gasteiger partial charge in [-0.15, -0.1) is 0 Å². The maximum atomic E-state index is 12.3. The van der Waals surface area contributed by atoms with Crippen LogP contribution in [0.3, 0.4) is 0 Å². The fourth-order valence-electron chi connectivity index (χ4n) is 2.73. The van der Waals surface area contributed by atoms with Gasteiger partial charge in [-0.05, 0) is 37.6 Å². The number of rotatable bonds is 5. The standard InChI is InChI=1S/C18H20N4O/c1-3-12-22-16-7-5-4-6-15(16)21-17(22)13(2)20-18(23)14-8-10-19-11-9-14/h4-11,13H,3,12H2,1-2H3,(H,20,23). The van der Waals surface area contributed by atoms with Crippen molar-refractivity contribution >= 4 is 16.9 Å². The predicted molar refractivity (Wildman–Crippen MR) is 90.1 cm³/mol. The van der Waals surface area contributed by atoms with E-state index in [2.05, 4.69) is 27.9 Å². The Balaban J connectivity index is 1.90. The van der Waals surface area contributed by atoms with E-state index < -0.39 is 0 Å². The second-order valence-electron chi connectivity index (χ2n) is 5.54. The molecule has 0 spiro atoms. The van der Waals surface area contributed by atoms with Gasteiger partial charge in [-0.1, -0.05) is 19.1 Å². The highest BCUT2D eigenvalue weighted by molar-refractivity contribution is 5.94. The highest BCUT2D eigenvalue weighted by Gasteiger charge is 2.18. The first kappa shape index (κ1) is 15.2. The van der Waals surface area contributed by atoms with Crippen LogP contribution in [-0.2, 0) is 6.54 Å². The number of pyridine rings is 1. The van der Waals surface area contributed by atoms with Crippen molar-refractivity contribution in [2.24, 2.45) is 0 Å². The molecule has 1 amide bonds. The molecule has 0 fully saturated rings. The van der Waals surface area contributed by atoms with Gasteiger partial charge in [0, 0.05) is 24.5 Å². The van der Waals surface area contributed by atoms with Crippen LogP contribution in [0.4, 0.5) is 0 Å². The monoisotopic (exact) mass is 308 g/mol. The molecule has 0 aliphatic rings. The molecule has 2 heterocycles. The maximum absolute atomic E-state index is 12.3. The Bertz CT molecular complexity index is 810. The molecule has 0 aliphatic carbocycles. The summed E-state index contributed by atoms with van der Waals surface area (Å²) >= 11 is 0. The third kappa shape index (κ3) is 3.08. The number of carbonyl (C=O) groups excluding carboxylic acids is 1. The summed E-state index contributed by atoms with van der Waals surface area (Å²) in [6.07, 6.45) is 4.25. The first-order valence-electron chi connectivity index (χ1n) is 7.86. The lowest BCUT2D eigenvalue weighted by atomic mass is 10.2. The molecule has 0 aliphatic heterocycles. The van der Waals surface area contributed by atoms with Gasteiger partial charge in [-0.2, -0.15) is 0 Å². The Morgan fingerprint density at radius 2 is 1.96 bits per heavy atom. The average Bonchev–Trinajstić information content (AvgIpc) is 2.95. The lowest BCUT2D eigenvalue weighted by Crippen LogP contribution is -2.28. The van der Waals surface area contributed by atoms with Gasteiger partial charge in [-0.3, -0.25) is 9.78 Å². The third-order valence-corrected chi connectivity index (χ3v) is 3.81. The number of aromatic nitrogens is 3. The molecule has 1 aromatic carbocycles. The molecule has 0 bridgehead atoms. The summed E-state index contributed by atoms with van der Waals surface area (Å²) in [4.78, 5) is 21.0. The SMILES string of the molecule is CCCn1c(C(C)NC(=O)c2ccncc2)nc2ccccc21. The molecule has 0 saturated carbocycles. The Morgan fingerprint density at radius 1 is 1.22 bits per heavy atom. The number of hydrogen-bond donors (Lipinski definition) is 1. The second-order valence-corrected chi connectivity index (χ2v) is 5.54. The minimum atomic E-state index is -0.172. The summed E-state index contributed by atoms with van der Waals surface area (Å²) in [5, 5.41) is 3.02. The number of fused-ring (bicyclic) bond motifs is 1. The Labute approximate surface area is 135 Å². The number of nitrogens with zero attached hydrogens (tertiary/aromatic N) is 3. The third-order valence-electron chi connectivity index (χ3n) is 3.81. The molecule has 1 unspecified atom stereocenters. The van der Waals surface area contributed by atoms with Gasteiger partial charge in [0.25, 0.3) is 5.91 Å². The highest BCUT2D eigenvalue weighted by Crippen LogP contribution is 2.21. The molecule has 3 aromatic rings. The van der Waals surface area contributed by atoms with Gasteiger partial charge >= 0.3 is 0 Å². The second kappa shape index (κ2) is 6.60. The van der Waals surface area contributed by atoms with Gasteiger partial charge in [0.1, 0.15) is 5.82 Å². The molecule has 2 aromatic heterocycles. The van der Waals surface area contributed by atoms with E-state index in [0.29, 0.717) is 5.56 Å². The van der Waals surface area contributed by atoms with Gasteiger partial charge in [0.15, 0.2) is 0 Å². The van der Waals surface area contributed by atoms with Crippen LogP contribution in [0.15, 0.2) is 48.8 Å². The van der Waals surface area contributed by atoms with Crippen molar-refractivity contribution < 1.29 is 4.79 Å². The maximum Gasteiger partial charge on any atom is 0.251 e. The molecule has 0 saturated heterocycles. The number of amides is 1. The molecule has 3 rings (SSSR count). The van der Waals surface area contributed by atoms with Crippen molar-refractivity contribution in [1.82, 2.24) is 19.9 Å². The lowest BCUT2D eigenvalue weighted by molar-refractivity contribution is 0.0937. The number of aryl methyl sites for hydroxylation is 1. The normalized spacial score (nSPS) is 12.3. The van der Waals surface area contributed by atoms with E-state index >= 15 is 0 Å². The Kier molecular flexibility index (Phi) is 4.37. The molecule has 23 heavy (non-hydrogen) atoms. The Hall–Kier alpha value is -2.69. The van der Waals surface area contributed by atoms with E-state index in [4.69, 9.17) is 4.98 Å². The smallest absolute Gasteiger partial charge is 0.251 e. The van der Waals surface area contributed by atoms with E-state index in [1.165, 1.54) is 0 Å². The number of nitrogens with one attached hydrogen (secondary N) is 1. The molecular weight excluding hydrogens is 288 g/mol. The number of hydrogen-bond acceptors (Lipinski definition) is 3. The molecule has 5 heteroatoms. The van der Waals surface area contributed by atoms with Crippen LogP contribution in [0.5, 0.6) is 0 Å². The molecular formula is C18H20N4O. The van der Waals surface area contributed by atoms with Gasteiger partial charge in [0.2, 0.25) is 0 Å². The van der Waals surface area contributed by atoms with Gasteiger partial charge in [-0.25, -0.2) is 4.98 Å². The topological polar surface area (TPSA) is 59.8 Å². The van der Waals surface area contributed by atoms with Crippen LogP contribution in [-0.4, -0.2) is 20.4 Å². The van der Waals surface area contributed by atoms with E-state index in [9.17, 15) is 4.79 Å². The average molecular weight is 308 g/mol. The summed E-state index contributed by atoms with van der Waals surface area (Å²) in [6, 6.07) is 11.3. The fourth-order valence-corrected chi connectivity index (χ4v) is 2.73.